The molecule has 12 heteroatoms. The van der Waals surface area contributed by atoms with E-state index >= 15 is 22.0 Å². The van der Waals surface area contributed by atoms with Crippen molar-refractivity contribution >= 4 is 0 Å². The van der Waals surface area contributed by atoms with Crippen LogP contribution in [-0.2, 0) is 12.5 Å². The molecule has 0 aliphatic rings. The second kappa shape index (κ2) is 14.2. The summed E-state index contributed by atoms with van der Waals surface area (Å²) < 4.78 is 150. The predicted octanol–water partition coefficient (Wildman–Crippen LogP) is 12.1. The van der Waals surface area contributed by atoms with E-state index in [9.17, 15) is 22.0 Å². The largest absolute Gasteiger partial charge is 0.573 e. The highest BCUT2D eigenvalue weighted by Gasteiger charge is 2.38. The van der Waals surface area contributed by atoms with Crippen LogP contribution in [0, 0.1) is 29.1 Å². The van der Waals surface area contributed by atoms with Crippen LogP contribution in [0.1, 0.15) is 37.3 Å². The standard InChI is InChI=1S/C37H26F10O2/c1-2-3-4-5-21-6-8-22(9-7-21)23-10-14-28(30(39)16-23)36(43,44)48-26-12-13-27(29(38)20-26)25-18-32(41)35(33(42)19-25)24-11-15-34(31(40)17-24)49-37(45,46)47/h6-20H,2-5H2,1H3. The quantitative estimate of drug-likeness (QED) is 0.101. The molecule has 5 rings (SSSR count). The van der Waals surface area contributed by atoms with Crippen LogP contribution >= 0.6 is 0 Å². The molecule has 5 aromatic carbocycles. The summed E-state index contributed by atoms with van der Waals surface area (Å²) in [6.45, 7) is 2.10. The summed E-state index contributed by atoms with van der Waals surface area (Å²) in [5, 5.41) is 0. The minimum absolute atomic E-state index is 0.357. The van der Waals surface area contributed by atoms with Crippen molar-refractivity contribution in [2.24, 2.45) is 0 Å². The van der Waals surface area contributed by atoms with Crippen LogP contribution in [-0.4, -0.2) is 6.36 Å². The van der Waals surface area contributed by atoms with E-state index in [1.54, 1.807) is 12.1 Å². The Morgan fingerprint density at radius 1 is 0.531 bits per heavy atom. The van der Waals surface area contributed by atoms with E-state index in [1.165, 1.54) is 6.07 Å². The lowest BCUT2D eigenvalue weighted by Gasteiger charge is -2.20. The molecule has 0 bridgehead atoms. The molecule has 0 radical (unpaired) electrons. The SMILES string of the molecule is CCCCCc1ccc(-c2ccc(C(F)(F)Oc3ccc(-c4cc(F)c(-c5ccc(OC(F)(F)F)c(F)c5)c(F)c4)c(F)c3)c(F)c2)cc1. The second-order valence-electron chi connectivity index (χ2n) is 11.1. The van der Waals surface area contributed by atoms with Gasteiger partial charge in [-0.05, 0) is 89.2 Å². The highest BCUT2D eigenvalue weighted by atomic mass is 19.4. The van der Waals surface area contributed by atoms with Gasteiger partial charge in [-0.2, -0.15) is 8.78 Å². The molecule has 0 saturated carbocycles. The van der Waals surface area contributed by atoms with Gasteiger partial charge in [0.2, 0.25) is 0 Å². The molecule has 0 N–H and O–H groups in total. The number of ether oxygens (including phenoxy) is 2. The average Bonchev–Trinajstić information content (AvgIpc) is 3.01. The van der Waals surface area contributed by atoms with Gasteiger partial charge in [0.05, 0.1) is 11.1 Å². The van der Waals surface area contributed by atoms with Crippen molar-refractivity contribution in [3.05, 3.63) is 131 Å². The Bertz CT molecular complexity index is 1930. The Morgan fingerprint density at radius 3 is 1.73 bits per heavy atom. The van der Waals surface area contributed by atoms with Crippen LogP contribution in [0.4, 0.5) is 43.9 Å². The Labute approximate surface area is 274 Å². The van der Waals surface area contributed by atoms with Gasteiger partial charge in [0.1, 0.15) is 29.0 Å². The zero-order chi connectivity index (χ0) is 35.5. The number of alkyl halides is 5. The third-order valence-electron chi connectivity index (χ3n) is 7.62. The third kappa shape index (κ3) is 8.36. The Morgan fingerprint density at radius 2 is 1.14 bits per heavy atom. The summed E-state index contributed by atoms with van der Waals surface area (Å²) in [5.41, 5.74) is -1.15. The second-order valence-corrected chi connectivity index (χ2v) is 11.1. The Kier molecular flexibility index (Phi) is 10.3. The fraction of sp³-hybridized carbons (Fsp3) is 0.189. The minimum atomic E-state index is -5.20. The number of benzene rings is 5. The Hall–Kier alpha value is -5.00. The predicted molar refractivity (Wildman–Crippen MR) is 163 cm³/mol. The minimum Gasteiger partial charge on any atom is -0.429 e. The summed E-state index contributed by atoms with van der Waals surface area (Å²) in [6, 6.07) is 15.8. The first-order valence-electron chi connectivity index (χ1n) is 15.0. The van der Waals surface area contributed by atoms with E-state index in [2.05, 4.69) is 16.4 Å². The van der Waals surface area contributed by atoms with Crippen molar-refractivity contribution in [3.8, 4) is 44.9 Å². The van der Waals surface area contributed by atoms with E-state index in [0.717, 1.165) is 61.6 Å². The van der Waals surface area contributed by atoms with E-state index in [-0.39, 0.29) is 5.56 Å². The van der Waals surface area contributed by atoms with Gasteiger partial charge in [0.15, 0.2) is 11.6 Å². The highest BCUT2D eigenvalue weighted by Crippen LogP contribution is 2.38. The van der Waals surface area contributed by atoms with Crippen molar-refractivity contribution in [2.75, 3.05) is 0 Å². The van der Waals surface area contributed by atoms with Crippen LogP contribution in [0.15, 0.2) is 91.0 Å². The fourth-order valence-electron chi connectivity index (χ4n) is 5.24. The van der Waals surface area contributed by atoms with Gasteiger partial charge in [-0.15, -0.1) is 13.2 Å². The molecule has 2 nitrogen and oxygen atoms in total. The first-order valence-corrected chi connectivity index (χ1v) is 15.0. The normalized spacial score (nSPS) is 11.9. The maximum atomic E-state index is 15.1. The van der Waals surface area contributed by atoms with Crippen molar-refractivity contribution in [1.29, 1.82) is 0 Å². The van der Waals surface area contributed by atoms with Crippen LogP contribution in [0.25, 0.3) is 33.4 Å². The number of unbranched alkanes of at least 4 members (excludes halogenated alkanes) is 2. The first-order chi connectivity index (χ1) is 23.1. The van der Waals surface area contributed by atoms with Gasteiger partial charge in [-0.1, -0.05) is 56.2 Å². The maximum absolute atomic E-state index is 15.1. The summed E-state index contributed by atoms with van der Waals surface area (Å²) in [5.74, 6) is -8.63. The van der Waals surface area contributed by atoms with Gasteiger partial charge >= 0.3 is 12.5 Å². The molecule has 49 heavy (non-hydrogen) atoms. The summed E-state index contributed by atoms with van der Waals surface area (Å²) in [7, 11) is 0. The van der Waals surface area contributed by atoms with Gasteiger partial charge < -0.3 is 9.47 Å². The van der Waals surface area contributed by atoms with Gasteiger partial charge in [0.25, 0.3) is 0 Å². The fourth-order valence-corrected chi connectivity index (χ4v) is 5.24. The highest BCUT2D eigenvalue weighted by molar-refractivity contribution is 5.73. The topological polar surface area (TPSA) is 18.5 Å². The summed E-state index contributed by atoms with van der Waals surface area (Å²) in [6.07, 6.45) is -5.35. The van der Waals surface area contributed by atoms with Crippen LogP contribution in [0.2, 0.25) is 0 Å². The number of hydrogen-bond donors (Lipinski definition) is 0. The zero-order valence-corrected chi connectivity index (χ0v) is 25.6. The lowest BCUT2D eigenvalue weighted by Crippen LogP contribution is -2.23. The average molecular weight is 693 g/mol. The molecule has 0 saturated heterocycles. The van der Waals surface area contributed by atoms with E-state index in [0.29, 0.717) is 41.5 Å². The lowest BCUT2D eigenvalue weighted by atomic mass is 9.98. The molecule has 5 aromatic rings. The molecule has 0 heterocycles. The van der Waals surface area contributed by atoms with Crippen LogP contribution in [0.3, 0.4) is 0 Å². The van der Waals surface area contributed by atoms with Gasteiger partial charge in [-0.25, -0.2) is 22.0 Å². The number of halogens is 10. The molecular weight excluding hydrogens is 666 g/mol. The van der Waals surface area contributed by atoms with E-state index in [1.807, 2.05) is 12.1 Å². The van der Waals surface area contributed by atoms with E-state index < -0.39 is 75.3 Å². The molecule has 0 atom stereocenters. The van der Waals surface area contributed by atoms with Crippen LogP contribution < -0.4 is 9.47 Å². The number of hydrogen-bond acceptors (Lipinski definition) is 2. The molecule has 0 aliphatic heterocycles. The molecule has 256 valence electrons. The third-order valence-corrected chi connectivity index (χ3v) is 7.62. The Balaban J connectivity index is 1.32. The zero-order valence-electron chi connectivity index (χ0n) is 25.6. The molecule has 0 spiro atoms. The monoisotopic (exact) mass is 692 g/mol. The smallest absolute Gasteiger partial charge is 0.429 e. The van der Waals surface area contributed by atoms with E-state index in [4.69, 9.17) is 0 Å². The maximum Gasteiger partial charge on any atom is 0.573 e. The summed E-state index contributed by atoms with van der Waals surface area (Å²) >= 11 is 0. The molecular formula is C37H26F10O2. The van der Waals surface area contributed by atoms with Crippen molar-refractivity contribution < 1.29 is 53.4 Å². The number of aryl methyl sites for hydroxylation is 1. The van der Waals surface area contributed by atoms with Crippen LogP contribution in [0.5, 0.6) is 11.5 Å². The molecule has 0 fully saturated rings. The molecule has 0 aliphatic carbocycles. The molecule has 0 unspecified atom stereocenters. The van der Waals surface area contributed by atoms with Gasteiger partial charge in [0, 0.05) is 11.6 Å². The molecule has 0 aromatic heterocycles. The number of rotatable bonds is 11. The first kappa shape index (κ1) is 35.3. The lowest BCUT2D eigenvalue weighted by molar-refractivity contribution is -0.275. The van der Waals surface area contributed by atoms with Crippen molar-refractivity contribution in [1.82, 2.24) is 0 Å². The molecule has 0 amide bonds. The van der Waals surface area contributed by atoms with Crippen molar-refractivity contribution in [2.45, 2.75) is 45.1 Å². The van der Waals surface area contributed by atoms with Gasteiger partial charge in [-0.3, -0.25) is 0 Å². The summed E-state index contributed by atoms with van der Waals surface area (Å²) in [4.78, 5) is 0. The van der Waals surface area contributed by atoms with Crippen molar-refractivity contribution in [3.63, 3.8) is 0 Å².